The van der Waals surface area contributed by atoms with E-state index in [9.17, 15) is 9.18 Å². The van der Waals surface area contributed by atoms with Gasteiger partial charge < -0.3 is 9.47 Å². The maximum Gasteiger partial charge on any atom is 0.266 e. The van der Waals surface area contributed by atoms with Gasteiger partial charge in [0.05, 0.1) is 18.1 Å². The minimum atomic E-state index is -0.308. The van der Waals surface area contributed by atoms with Crippen molar-refractivity contribution in [3.63, 3.8) is 0 Å². The van der Waals surface area contributed by atoms with E-state index in [1.54, 1.807) is 31.4 Å². The number of carbonyl (C=O) groups excluding carboxylic acids is 1. The predicted octanol–water partition coefficient (Wildman–Crippen LogP) is 5.01. The maximum absolute atomic E-state index is 13.4. The lowest BCUT2D eigenvalue weighted by atomic mass is 10.1. The molecule has 4 nitrogen and oxygen atoms in total. The van der Waals surface area contributed by atoms with Crippen LogP contribution in [-0.2, 0) is 16.1 Å². The second-order valence-corrected chi connectivity index (χ2v) is 8.52. The fourth-order valence-corrected chi connectivity index (χ4v) is 4.25. The maximum atomic E-state index is 13.4. The molecule has 28 heavy (non-hydrogen) atoms. The van der Waals surface area contributed by atoms with Crippen LogP contribution in [0.15, 0.2) is 51.8 Å². The number of halogens is 2. The highest BCUT2D eigenvalue weighted by molar-refractivity contribution is 9.10. The molecule has 0 atom stereocenters. The zero-order valence-electron chi connectivity index (χ0n) is 15.0. The summed E-state index contributed by atoms with van der Waals surface area (Å²) in [6.45, 7) is 1.05. The van der Waals surface area contributed by atoms with Crippen LogP contribution >= 0.6 is 39.9 Å². The van der Waals surface area contributed by atoms with E-state index < -0.39 is 0 Å². The van der Waals surface area contributed by atoms with Crippen molar-refractivity contribution in [2.45, 2.75) is 6.61 Å². The van der Waals surface area contributed by atoms with Gasteiger partial charge in [-0.2, -0.15) is 0 Å². The van der Waals surface area contributed by atoms with E-state index in [1.807, 2.05) is 12.1 Å². The Morgan fingerprint density at radius 1 is 1.29 bits per heavy atom. The topological polar surface area (TPSA) is 38.8 Å². The molecule has 0 N–H and O–H groups in total. The monoisotopic (exact) mass is 481 g/mol. The molecule has 0 aromatic heterocycles. The third-order valence-corrected chi connectivity index (χ3v) is 5.81. The Morgan fingerprint density at radius 3 is 2.86 bits per heavy atom. The molecule has 0 spiro atoms. The van der Waals surface area contributed by atoms with Crippen molar-refractivity contribution in [3.8, 4) is 5.75 Å². The minimum Gasteiger partial charge on any atom is -0.488 e. The number of rotatable bonds is 7. The molecule has 1 aliphatic heterocycles. The fourth-order valence-electron chi connectivity index (χ4n) is 2.57. The predicted molar refractivity (Wildman–Crippen MR) is 117 cm³/mol. The second-order valence-electron chi connectivity index (χ2n) is 5.93. The van der Waals surface area contributed by atoms with Crippen LogP contribution in [0.25, 0.3) is 6.08 Å². The molecule has 0 aliphatic carbocycles. The summed E-state index contributed by atoms with van der Waals surface area (Å²) in [4.78, 5) is 14.7. The summed E-state index contributed by atoms with van der Waals surface area (Å²) in [6.07, 6.45) is 1.76. The zero-order valence-corrected chi connectivity index (χ0v) is 18.2. The first-order chi connectivity index (χ1) is 13.5. The number of benzene rings is 2. The lowest BCUT2D eigenvalue weighted by Crippen LogP contribution is -2.31. The first kappa shape index (κ1) is 21.0. The molecular formula is C20H17BrFNO3S2. The second kappa shape index (κ2) is 9.65. The lowest BCUT2D eigenvalue weighted by molar-refractivity contribution is -0.122. The molecule has 0 bridgehead atoms. The van der Waals surface area contributed by atoms with Gasteiger partial charge in [-0.15, -0.1) is 0 Å². The Labute approximate surface area is 180 Å². The molecule has 1 fully saturated rings. The van der Waals surface area contributed by atoms with Gasteiger partial charge >= 0.3 is 0 Å². The highest BCUT2D eigenvalue weighted by Crippen LogP contribution is 2.35. The molecule has 0 radical (unpaired) electrons. The molecule has 1 aliphatic rings. The highest BCUT2D eigenvalue weighted by atomic mass is 79.9. The largest absolute Gasteiger partial charge is 0.488 e. The van der Waals surface area contributed by atoms with Crippen LogP contribution < -0.4 is 4.74 Å². The van der Waals surface area contributed by atoms with Crippen molar-refractivity contribution < 1.29 is 18.7 Å². The summed E-state index contributed by atoms with van der Waals surface area (Å²) >= 11 is 10.0. The first-order valence-corrected chi connectivity index (χ1v) is 10.4. The van der Waals surface area contributed by atoms with Crippen molar-refractivity contribution >= 4 is 56.2 Å². The van der Waals surface area contributed by atoms with E-state index in [4.69, 9.17) is 21.7 Å². The van der Waals surface area contributed by atoms with Gasteiger partial charge in [-0.05, 0) is 42.0 Å². The Hall–Kier alpha value is -1.74. The number of ether oxygens (including phenoxy) is 2. The van der Waals surface area contributed by atoms with Gasteiger partial charge in [0.15, 0.2) is 0 Å². The Morgan fingerprint density at radius 2 is 2.11 bits per heavy atom. The summed E-state index contributed by atoms with van der Waals surface area (Å²) in [5.41, 5.74) is 1.46. The van der Waals surface area contributed by atoms with E-state index >= 15 is 0 Å². The van der Waals surface area contributed by atoms with Crippen LogP contribution in [0.3, 0.4) is 0 Å². The number of thioether (sulfide) groups is 1. The van der Waals surface area contributed by atoms with Crippen LogP contribution in [0, 0.1) is 5.82 Å². The fraction of sp³-hybridized carbons (Fsp3) is 0.200. The Balaban J connectivity index is 1.81. The summed E-state index contributed by atoms with van der Waals surface area (Å²) in [5.74, 6) is 0.134. The third kappa shape index (κ3) is 5.20. The van der Waals surface area contributed by atoms with Crippen LogP contribution in [0.1, 0.15) is 11.1 Å². The van der Waals surface area contributed by atoms with Crippen molar-refractivity contribution in [2.75, 3.05) is 20.3 Å². The van der Waals surface area contributed by atoms with Gasteiger partial charge in [0.25, 0.3) is 5.91 Å². The third-order valence-electron chi connectivity index (χ3n) is 3.93. The van der Waals surface area contributed by atoms with Gasteiger partial charge in [-0.1, -0.05) is 52.0 Å². The van der Waals surface area contributed by atoms with Gasteiger partial charge in [-0.25, -0.2) is 4.39 Å². The van der Waals surface area contributed by atoms with Crippen molar-refractivity contribution in [1.29, 1.82) is 0 Å². The van der Waals surface area contributed by atoms with Gasteiger partial charge in [0.1, 0.15) is 22.5 Å². The van der Waals surface area contributed by atoms with Crippen molar-refractivity contribution in [1.82, 2.24) is 4.90 Å². The smallest absolute Gasteiger partial charge is 0.266 e. The van der Waals surface area contributed by atoms with E-state index in [1.165, 1.54) is 28.8 Å². The van der Waals surface area contributed by atoms with Gasteiger partial charge in [0, 0.05) is 17.1 Å². The van der Waals surface area contributed by atoms with Gasteiger partial charge in [0.2, 0.25) is 0 Å². The molecule has 1 heterocycles. The molecule has 2 aromatic rings. The number of amides is 1. The molecule has 0 unspecified atom stereocenters. The molecule has 3 rings (SSSR count). The van der Waals surface area contributed by atoms with E-state index in [0.717, 1.165) is 15.6 Å². The normalized spacial score (nSPS) is 15.5. The lowest BCUT2D eigenvalue weighted by Gasteiger charge is -2.13. The Kier molecular flexibility index (Phi) is 7.23. The minimum absolute atomic E-state index is 0.150. The molecule has 146 valence electrons. The number of nitrogens with zero attached hydrogens (tertiary/aromatic N) is 1. The standard InChI is InChI=1S/C20H17BrFNO3S2/c1-25-8-7-23-19(24)18(28-20(23)27)11-14-10-15(21)5-6-17(14)26-12-13-3-2-4-16(22)9-13/h2-6,9-11H,7-8,12H2,1H3. The quantitative estimate of drug-likeness (QED) is 0.410. The van der Waals surface area contributed by atoms with E-state index in [-0.39, 0.29) is 18.3 Å². The highest BCUT2D eigenvalue weighted by Gasteiger charge is 2.31. The van der Waals surface area contributed by atoms with Gasteiger partial charge in [-0.3, -0.25) is 9.69 Å². The summed E-state index contributed by atoms with van der Waals surface area (Å²) in [6, 6.07) is 11.8. The van der Waals surface area contributed by atoms with Crippen LogP contribution in [0.2, 0.25) is 0 Å². The summed E-state index contributed by atoms with van der Waals surface area (Å²) in [5, 5.41) is 0. The molecule has 1 saturated heterocycles. The Bertz CT molecular complexity index is 935. The number of methoxy groups -OCH3 is 1. The average Bonchev–Trinajstić information content (AvgIpc) is 2.92. The van der Waals surface area contributed by atoms with Crippen molar-refractivity contribution in [3.05, 3.63) is 68.8 Å². The zero-order chi connectivity index (χ0) is 20.1. The van der Waals surface area contributed by atoms with Crippen LogP contribution in [-0.4, -0.2) is 35.4 Å². The molecule has 2 aromatic carbocycles. The van der Waals surface area contributed by atoms with Crippen LogP contribution in [0.4, 0.5) is 4.39 Å². The SMILES string of the molecule is COCCN1C(=O)C(=Cc2cc(Br)ccc2OCc2cccc(F)c2)SC1=S. The van der Waals surface area contributed by atoms with Crippen LogP contribution in [0.5, 0.6) is 5.75 Å². The summed E-state index contributed by atoms with van der Waals surface area (Å²) in [7, 11) is 1.58. The number of carbonyl (C=O) groups is 1. The molecule has 1 amide bonds. The molecular weight excluding hydrogens is 465 g/mol. The molecule has 0 saturated carbocycles. The number of thiocarbonyl (C=S) groups is 1. The average molecular weight is 482 g/mol. The van der Waals surface area contributed by atoms with E-state index in [0.29, 0.717) is 28.1 Å². The van der Waals surface area contributed by atoms with Crippen molar-refractivity contribution in [2.24, 2.45) is 0 Å². The number of hydrogen-bond donors (Lipinski definition) is 0. The number of hydrogen-bond acceptors (Lipinski definition) is 5. The first-order valence-electron chi connectivity index (χ1n) is 8.39. The molecule has 8 heteroatoms. The van der Waals surface area contributed by atoms with E-state index in [2.05, 4.69) is 15.9 Å². The summed E-state index contributed by atoms with van der Waals surface area (Å²) < 4.78 is 25.6.